The monoisotopic (exact) mass is 1510 g/mol. The van der Waals surface area contributed by atoms with Crippen LogP contribution < -0.4 is 73.1 Å². The number of hydrogen-bond donors (Lipinski definition) is 0. The number of para-hydroxylation sites is 1. The van der Waals surface area contributed by atoms with Gasteiger partial charge in [-0.25, -0.2) is 13.2 Å². The normalized spacial score (nSPS) is 10.7. The van der Waals surface area contributed by atoms with Crippen LogP contribution in [0.1, 0.15) is 56.0 Å². The number of fused-ring (bicyclic) bond motifs is 1. The third-order valence-corrected chi connectivity index (χ3v) is 27.3. The molecule has 0 spiro atoms. The molecule has 13 aromatic carbocycles. The Kier molecular flexibility index (Phi) is 30.2. The van der Waals surface area contributed by atoms with Crippen LogP contribution in [0.2, 0.25) is 0 Å². The summed E-state index contributed by atoms with van der Waals surface area (Å²) in [4.78, 5) is 8.55. The van der Waals surface area contributed by atoms with Gasteiger partial charge in [0.15, 0.2) is 0 Å². The summed E-state index contributed by atoms with van der Waals surface area (Å²) in [6.45, 7) is 21.0. The average molecular weight is 1510 g/mol. The van der Waals surface area contributed by atoms with E-state index >= 15 is 0 Å². The van der Waals surface area contributed by atoms with E-state index in [0.29, 0.717) is 0 Å². The standard InChI is InChI=1S/C21H21O2P.2C21H21P.C18H12F3P.C10H9N.C7H9N/c1-16-4-10-19(11-5-16)24(20-12-6-17(22-2)7-13-20)21-14-8-18(23-3)9-15-21;1-16-4-10-19(11-5-16)22(20-12-6-17(2)7-13-20)21-14-8-18(3)9-15-21;1-16-7-4-10-19(13-16)22(20-11-5-8-17(2)14-20)21-12-6-9-18(3)15-21;19-13-1-7-16(8-2-13)22(17-9-3-14(20)4-10-17)18-11-5-15(21)6-12-18;1-8-6-7-9-4-2-3-5-10(9)11-8;1-6-4-3-5-7(2)8-6/h4-15H,1-3H3;2*4-15H,1-3H3;1-12H;2-7H,1H3;3-5H,1-2H3. The van der Waals surface area contributed by atoms with Gasteiger partial charge < -0.3 is 9.47 Å². The Hall–Kier alpha value is -10.5. The maximum absolute atomic E-state index is 13.2. The Labute approximate surface area is 648 Å². The zero-order valence-electron chi connectivity index (χ0n) is 64.0. The highest BCUT2D eigenvalue weighted by atomic mass is 31.1. The van der Waals surface area contributed by atoms with Crippen LogP contribution in [0.25, 0.3) is 10.9 Å². The molecule has 11 heteroatoms. The van der Waals surface area contributed by atoms with Gasteiger partial charge in [-0.1, -0.05) is 300 Å². The van der Waals surface area contributed by atoms with Gasteiger partial charge in [0.2, 0.25) is 0 Å². The number of rotatable bonds is 14. The van der Waals surface area contributed by atoms with Crippen molar-refractivity contribution in [3.8, 4) is 11.5 Å². The molecule has 109 heavy (non-hydrogen) atoms. The largest absolute Gasteiger partial charge is 0.497 e. The van der Waals surface area contributed by atoms with E-state index in [2.05, 4.69) is 265 Å². The second-order valence-electron chi connectivity index (χ2n) is 26.6. The van der Waals surface area contributed by atoms with Crippen LogP contribution >= 0.6 is 31.7 Å². The Morgan fingerprint density at radius 2 is 0.459 bits per heavy atom. The van der Waals surface area contributed by atoms with Gasteiger partial charge in [0.05, 0.1) is 19.7 Å². The molecule has 0 amide bonds. The second-order valence-corrected chi connectivity index (χ2v) is 35.5. The van der Waals surface area contributed by atoms with Crippen molar-refractivity contribution in [2.75, 3.05) is 14.2 Å². The smallest absolute Gasteiger partial charge is 0.123 e. The molecule has 15 aromatic rings. The molecule has 0 unspecified atom stereocenters. The van der Waals surface area contributed by atoms with Crippen LogP contribution in [0.5, 0.6) is 11.5 Å². The van der Waals surface area contributed by atoms with Gasteiger partial charge in [0, 0.05) is 22.5 Å². The van der Waals surface area contributed by atoms with E-state index in [1.165, 1.54) is 128 Å². The molecule has 0 aliphatic carbocycles. The van der Waals surface area contributed by atoms with Crippen molar-refractivity contribution >= 4 is 106 Å². The third kappa shape index (κ3) is 24.3. The highest BCUT2D eigenvalue weighted by Gasteiger charge is 2.21. The summed E-state index contributed by atoms with van der Waals surface area (Å²) in [5, 5.41) is 16.4. The van der Waals surface area contributed by atoms with Crippen LogP contribution in [-0.4, -0.2) is 24.2 Å². The van der Waals surface area contributed by atoms with E-state index in [1.807, 2.05) is 87.5 Å². The zero-order chi connectivity index (χ0) is 77.2. The van der Waals surface area contributed by atoms with Crippen molar-refractivity contribution in [2.24, 2.45) is 0 Å². The maximum Gasteiger partial charge on any atom is 0.123 e. The van der Waals surface area contributed by atoms with Crippen LogP contribution in [0.3, 0.4) is 0 Å². The third-order valence-electron chi connectivity index (χ3n) is 17.6. The van der Waals surface area contributed by atoms with Crippen LogP contribution in [0.15, 0.2) is 346 Å². The molecule has 0 radical (unpaired) electrons. The fourth-order valence-electron chi connectivity index (χ4n) is 11.9. The van der Waals surface area contributed by atoms with E-state index in [9.17, 15) is 13.2 Å². The molecule has 0 saturated heterocycles. The van der Waals surface area contributed by atoms with Gasteiger partial charge in [-0.05, 0) is 250 Å². The van der Waals surface area contributed by atoms with Crippen molar-refractivity contribution in [3.63, 3.8) is 0 Å². The van der Waals surface area contributed by atoms with Gasteiger partial charge in [-0.15, -0.1) is 0 Å². The minimum absolute atomic E-state index is 0.308. The number of halogens is 3. The summed E-state index contributed by atoms with van der Waals surface area (Å²) in [6.07, 6.45) is 0. The maximum atomic E-state index is 13.2. The first-order valence-electron chi connectivity index (χ1n) is 36.2. The lowest BCUT2D eigenvalue weighted by Crippen LogP contribution is -2.21. The minimum Gasteiger partial charge on any atom is -0.497 e. The lowest BCUT2D eigenvalue weighted by Gasteiger charge is -2.20. The SMILES string of the molecule is COc1ccc(P(c2ccc(C)cc2)c2ccc(OC)cc2)cc1.Cc1ccc(P(c2ccc(C)cc2)c2ccc(C)cc2)cc1.Cc1ccc2ccccc2n1.Cc1cccc(C)n1.Cc1cccc(P(c2cccc(C)c2)c2cccc(C)c2)c1.Fc1ccc(P(c2ccc(F)cc2)c2ccc(F)cc2)cc1. The highest BCUT2D eigenvalue weighted by molar-refractivity contribution is 7.81. The Morgan fingerprint density at radius 1 is 0.211 bits per heavy atom. The summed E-state index contributed by atoms with van der Waals surface area (Å²) < 4.78 is 50.1. The molecule has 0 aliphatic heterocycles. The summed E-state index contributed by atoms with van der Waals surface area (Å²) >= 11 is 0. The topological polar surface area (TPSA) is 44.2 Å². The minimum atomic E-state index is -0.983. The number of ether oxygens (including phenoxy) is 2. The number of methoxy groups -OCH3 is 2. The number of aromatic nitrogens is 2. The van der Waals surface area contributed by atoms with Gasteiger partial charge in [0.25, 0.3) is 0 Å². The molecule has 0 fully saturated rings. The van der Waals surface area contributed by atoms with E-state index in [4.69, 9.17) is 9.47 Å². The van der Waals surface area contributed by atoms with Gasteiger partial charge in [-0.2, -0.15) is 0 Å². The number of aryl methyl sites for hydroxylation is 10. The highest BCUT2D eigenvalue weighted by Crippen LogP contribution is 2.37. The first kappa shape index (κ1) is 81.1. The van der Waals surface area contributed by atoms with Crippen LogP contribution in [0.4, 0.5) is 13.2 Å². The number of benzene rings is 13. The molecule has 548 valence electrons. The van der Waals surface area contributed by atoms with E-state index < -0.39 is 31.7 Å². The molecule has 0 aliphatic rings. The molecule has 4 nitrogen and oxygen atoms in total. The van der Waals surface area contributed by atoms with Crippen molar-refractivity contribution in [2.45, 2.75) is 69.2 Å². The predicted octanol–water partition coefficient (Wildman–Crippen LogP) is 20.6. The van der Waals surface area contributed by atoms with Crippen molar-refractivity contribution in [3.05, 3.63) is 419 Å². The quantitative estimate of drug-likeness (QED) is 0.102. The van der Waals surface area contributed by atoms with Crippen LogP contribution in [-0.2, 0) is 0 Å². The Balaban J connectivity index is 0.000000143. The predicted molar refractivity (Wildman–Crippen MR) is 467 cm³/mol. The average Bonchev–Trinajstić information content (AvgIpc) is 0.821. The van der Waals surface area contributed by atoms with Crippen molar-refractivity contribution < 1.29 is 22.6 Å². The molecule has 2 heterocycles. The summed E-state index contributed by atoms with van der Waals surface area (Å²) in [5.41, 5.74) is 13.5. The molecule has 2 aromatic heterocycles. The molecular formula is C98H93F3N2O2P4. The summed E-state index contributed by atoms with van der Waals surface area (Å²) in [5.74, 6) is 0.838. The van der Waals surface area contributed by atoms with E-state index in [-0.39, 0.29) is 17.5 Å². The number of hydrogen-bond acceptors (Lipinski definition) is 4. The first-order valence-corrected chi connectivity index (χ1v) is 41.6. The Bertz CT molecular complexity index is 4780. The number of pyridine rings is 2. The Morgan fingerprint density at radius 3 is 0.725 bits per heavy atom. The lowest BCUT2D eigenvalue weighted by molar-refractivity contribution is 0.415. The first-order chi connectivity index (χ1) is 52.7. The summed E-state index contributed by atoms with van der Waals surface area (Å²) in [6, 6.07) is 116. The van der Waals surface area contributed by atoms with Crippen molar-refractivity contribution in [1.29, 1.82) is 0 Å². The second kappa shape index (κ2) is 40.6. The van der Waals surface area contributed by atoms with E-state index in [0.717, 1.165) is 50.0 Å². The van der Waals surface area contributed by atoms with Gasteiger partial charge in [0.1, 0.15) is 29.0 Å². The molecule has 0 atom stereocenters. The molecule has 0 saturated carbocycles. The zero-order valence-corrected chi connectivity index (χ0v) is 67.6. The fraction of sp³-hybridized carbons (Fsp3) is 0.122. The molecule has 15 rings (SSSR count). The summed E-state index contributed by atoms with van der Waals surface area (Å²) in [7, 11) is 0.826. The van der Waals surface area contributed by atoms with Gasteiger partial charge >= 0.3 is 0 Å². The lowest BCUT2D eigenvalue weighted by atomic mass is 10.2. The fourth-order valence-corrected chi connectivity index (χ4v) is 21.3. The van der Waals surface area contributed by atoms with Crippen molar-refractivity contribution in [1.82, 2.24) is 9.97 Å². The number of nitrogens with zero attached hydrogens (tertiary/aromatic N) is 2. The van der Waals surface area contributed by atoms with E-state index in [1.54, 1.807) is 50.6 Å². The van der Waals surface area contributed by atoms with Gasteiger partial charge in [-0.3, -0.25) is 9.97 Å². The molecule has 0 bridgehead atoms. The van der Waals surface area contributed by atoms with Crippen LogP contribution in [0, 0.1) is 86.7 Å². The molecular weight excluding hydrogens is 1420 g/mol. The molecule has 0 N–H and O–H groups in total.